The maximum Gasteiger partial charge on any atom is 0.405 e. The highest BCUT2D eigenvalue weighted by Crippen LogP contribution is 2.18. The summed E-state index contributed by atoms with van der Waals surface area (Å²) in [5.74, 6) is -0.537. The first-order chi connectivity index (χ1) is 9.99. The molecule has 3 atom stereocenters. The third-order valence-electron chi connectivity index (χ3n) is 3.49. The number of amides is 2. The van der Waals surface area contributed by atoms with Crippen molar-refractivity contribution in [1.29, 1.82) is 0 Å². The standard InChI is InChI=1S/C14H18N2O5/c17-11-6-7-16(13(11)19)12(18)10(15-14(20)21)8-9-4-2-1-3-5-9/h1-5,10-11,13,15,17,19H,6-8H2,(H,20,21)/t10?,11-,13?/m1/s1. The second kappa shape index (κ2) is 6.55. The van der Waals surface area contributed by atoms with Crippen LogP contribution in [0.2, 0.25) is 0 Å². The molecule has 7 heteroatoms. The van der Waals surface area contributed by atoms with E-state index in [-0.39, 0.29) is 19.4 Å². The number of hydrogen-bond acceptors (Lipinski definition) is 4. The zero-order valence-corrected chi connectivity index (χ0v) is 11.3. The van der Waals surface area contributed by atoms with Crippen LogP contribution in [-0.4, -0.2) is 57.1 Å². The van der Waals surface area contributed by atoms with E-state index in [2.05, 4.69) is 5.32 Å². The van der Waals surface area contributed by atoms with Gasteiger partial charge in [-0.15, -0.1) is 0 Å². The molecule has 7 nitrogen and oxygen atoms in total. The molecule has 0 radical (unpaired) electrons. The molecule has 0 saturated carbocycles. The molecule has 1 aromatic rings. The van der Waals surface area contributed by atoms with Gasteiger partial charge in [0.05, 0.1) is 0 Å². The Morgan fingerprint density at radius 1 is 1.29 bits per heavy atom. The predicted molar refractivity (Wildman–Crippen MR) is 73.4 cm³/mol. The van der Waals surface area contributed by atoms with Crippen molar-refractivity contribution >= 4 is 12.0 Å². The highest BCUT2D eigenvalue weighted by molar-refractivity contribution is 5.86. The minimum Gasteiger partial charge on any atom is -0.465 e. The van der Waals surface area contributed by atoms with Crippen molar-refractivity contribution in [2.75, 3.05) is 6.54 Å². The van der Waals surface area contributed by atoms with E-state index in [9.17, 15) is 19.8 Å². The van der Waals surface area contributed by atoms with Crippen LogP contribution in [0.15, 0.2) is 30.3 Å². The van der Waals surface area contributed by atoms with Gasteiger partial charge in [-0.1, -0.05) is 30.3 Å². The average molecular weight is 294 g/mol. The molecular weight excluding hydrogens is 276 g/mol. The van der Waals surface area contributed by atoms with Gasteiger partial charge in [0.2, 0.25) is 5.91 Å². The number of carbonyl (C=O) groups is 2. The summed E-state index contributed by atoms with van der Waals surface area (Å²) in [4.78, 5) is 24.3. The molecule has 2 unspecified atom stereocenters. The molecule has 21 heavy (non-hydrogen) atoms. The summed E-state index contributed by atoms with van der Waals surface area (Å²) in [6, 6.07) is 8.01. The Morgan fingerprint density at radius 3 is 2.48 bits per heavy atom. The van der Waals surface area contributed by atoms with Gasteiger partial charge in [-0.3, -0.25) is 4.79 Å². The number of benzene rings is 1. The molecule has 1 aliphatic rings. The van der Waals surface area contributed by atoms with Gasteiger partial charge in [-0.05, 0) is 12.0 Å². The van der Waals surface area contributed by atoms with Crippen LogP contribution < -0.4 is 5.32 Å². The number of hydrogen-bond donors (Lipinski definition) is 4. The molecule has 1 fully saturated rings. The summed E-state index contributed by atoms with van der Waals surface area (Å²) in [7, 11) is 0. The quantitative estimate of drug-likeness (QED) is 0.613. The Kier molecular flexibility index (Phi) is 4.77. The van der Waals surface area contributed by atoms with Gasteiger partial charge < -0.3 is 25.5 Å². The van der Waals surface area contributed by atoms with Gasteiger partial charge in [-0.25, -0.2) is 4.79 Å². The van der Waals surface area contributed by atoms with Crippen LogP contribution in [0.25, 0.3) is 0 Å². The predicted octanol–water partition coefficient (Wildman–Crippen LogP) is -0.223. The fourth-order valence-electron chi connectivity index (χ4n) is 2.40. The summed E-state index contributed by atoms with van der Waals surface area (Å²) in [6.45, 7) is 0.202. The lowest BCUT2D eigenvalue weighted by molar-refractivity contribution is -0.143. The highest BCUT2D eigenvalue weighted by atomic mass is 16.4. The van der Waals surface area contributed by atoms with Crippen molar-refractivity contribution in [2.24, 2.45) is 0 Å². The molecule has 1 heterocycles. The molecule has 4 N–H and O–H groups in total. The third kappa shape index (κ3) is 3.71. The number of aliphatic hydroxyl groups is 2. The number of carboxylic acid groups (broad SMARTS) is 1. The molecule has 1 aliphatic heterocycles. The van der Waals surface area contributed by atoms with Crippen LogP contribution in [0, 0.1) is 0 Å². The van der Waals surface area contributed by atoms with E-state index in [4.69, 9.17) is 5.11 Å². The topological polar surface area (TPSA) is 110 Å². The zero-order chi connectivity index (χ0) is 15.4. The number of rotatable bonds is 4. The maximum atomic E-state index is 12.4. The highest BCUT2D eigenvalue weighted by Gasteiger charge is 2.37. The molecule has 0 aliphatic carbocycles. The van der Waals surface area contributed by atoms with Gasteiger partial charge in [0.25, 0.3) is 0 Å². The second-order valence-corrected chi connectivity index (χ2v) is 4.99. The molecule has 114 valence electrons. The summed E-state index contributed by atoms with van der Waals surface area (Å²) < 4.78 is 0. The third-order valence-corrected chi connectivity index (χ3v) is 3.49. The Labute approximate surface area is 121 Å². The van der Waals surface area contributed by atoms with Crippen molar-refractivity contribution in [1.82, 2.24) is 10.2 Å². The lowest BCUT2D eigenvalue weighted by atomic mass is 10.0. The van der Waals surface area contributed by atoms with Gasteiger partial charge in [-0.2, -0.15) is 0 Å². The Balaban J connectivity index is 2.12. The summed E-state index contributed by atoms with van der Waals surface area (Å²) >= 11 is 0. The van der Waals surface area contributed by atoms with Gasteiger partial charge in [0.1, 0.15) is 12.1 Å². The van der Waals surface area contributed by atoms with Gasteiger partial charge in [0, 0.05) is 13.0 Å². The number of nitrogens with zero attached hydrogens (tertiary/aromatic N) is 1. The zero-order valence-electron chi connectivity index (χ0n) is 11.3. The summed E-state index contributed by atoms with van der Waals surface area (Å²) in [5, 5.41) is 30.3. The van der Waals surface area contributed by atoms with E-state index in [0.717, 1.165) is 10.5 Å². The van der Waals surface area contributed by atoms with Crippen LogP contribution >= 0.6 is 0 Å². The molecule has 1 aromatic carbocycles. The normalized spacial score (nSPS) is 22.9. The first-order valence-corrected chi connectivity index (χ1v) is 6.69. The van der Waals surface area contributed by atoms with Crippen molar-refractivity contribution in [3.63, 3.8) is 0 Å². The van der Waals surface area contributed by atoms with Gasteiger partial charge >= 0.3 is 6.09 Å². The van der Waals surface area contributed by atoms with E-state index < -0.39 is 30.4 Å². The number of carbonyl (C=O) groups excluding carboxylic acids is 1. The fraction of sp³-hybridized carbons (Fsp3) is 0.429. The fourth-order valence-corrected chi connectivity index (χ4v) is 2.40. The summed E-state index contributed by atoms with van der Waals surface area (Å²) in [6.07, 6.45) is -3.12. The largest absolute Gasteiger partial charge is 0.465 e. The van der Waals surface area contributed by atoms with Crippen molar-refractivity contribution < 1.29 is 24.9 Å². The Morgan fingerprint density at radius 2 is 1.95 bits per heavy atom. The van der Waals surface area contributed by atoms with Crippen LogP contribution in [0.1, 0.15) is 12.0 Å². The molecule has 2 amide bonds. The molecule has 1 saturated heterocycles. The lowest BCUT2D eigenvalue weighted by Gasteiger charge is -2.26. The smallest absolute Gasteiger partial charge is 0.405 e. The molecular formula is C14H18N2O5. The van der Waals surface area contributed by atoms with E-state index in [1.54, 1.807) is 24.3 Å². The van der Waals surface area contributed by atoms with E-state index in [0.29, 0.717) is 0 Å². The number of nitrogens with one attached hydrogen (secondary N) is 1. The average Bonchev–Trinajstić information content (AvgIpc) is 2.78. The minimum absolute atomic E-state index is 0.186. The van der Waals surface area contributed by atoms with E-state index in [1.807, 2.05) is 6.07 Å². The van der Waals surface area contributed by atoms with Crippen LogP contribution in [0.5, 0.6) is 0 Å². The van der Waals surface area contributed by atoms with Crippen molar-refractivity contribution in [3.8, 4) is 0 Å². The molecule has 0 aromatic heterocycles. The van der Waals surface area contributed by atoms with Crippen molar-refractivity contribution in [3.05, 3.63) is 35.9 Å². The first kappa shape index (κ1) is 15.3. The number of aliphatic hydroxyl groups excluding tert-OH is 2. The SMILES string of the molecule is O=C(O)NC(Cc1ccccc1)C(=O)N1CC[C@@H](O)C1O. The van der Waals surface area contributed by atoms with Gasteiger partial charge in [0.15, 0.2) is 6.23 Å². The van der Waals surface area contributed by atoms with Crippen molar-refractivity contribution in [2.45, 2.75) is 31.2 Å². The lowest BCUT2D eigenvalue weighted by Crippen LogP contribution is -2.51. The minimum atomic E-state index is -1.31. The first-order valence-electron chi connectivity index (χ1n) is 6.69. The monoisotopic (exact) mass is 294 g/mol. The molecule has 0 bridgehead atoms. The molecule has 2 rings (SSSR count). The van der Waals surface area contributed by atoms with Crippen LogP contribution in [0.4, 0.5) is 4.79 Å². The van der Waals surface area contributed by atoms with E-state index in [1.165, 1.54) is 0 Å². The van der Waals surface area contributed by atoms with Crippen LogP contribution in [0.3, 0.4) is 0 Å². The number of likely N-dealkylation sites (tertiary alicyclic amines) is 1. The summed E-state index contributed by atoms with van der Waals surface area (Å²) in [5.41, 5.74) is 0.804. The van der Waals surface area contributed by atoms with Crippen LogP contribution in [-0.2, 0) is 11.2 Å². The Hall–Kier alpha value is -2.12. The maximum absolute atomic E-state index is 12.4. The Bertz CT molecular complexity index is 507. The van der Waals surface area contributed by atoms with E-state index >= 15 is 0 Å². The second-order valence-electron chi connectivity index (χ2n) is 4.99. The molecule has 0 spiro atoms.